The monoisotopic (exact) mass is 356 g/mol. The molecule has 6 nitrogen and oxygen atoms in total. The van der Waals surface area contributed by atoms with Gasteiger partial charge >= 0.3 is 0 Å². The maximum absolute atomic E-state index is 12.5. The maximum Gasteiger partial charge on any atom is 0.255 e. The molecule has 0 bridgehead atoms. The molecule has 0 radical (unpaired) electrons. The van der Waals surface area contributed by atoms with E-state index in [1.807, 2.05) is 24.3 Å². The van der Waals surface area contributed by atoms with Crippen LogP contribution in [-0.4, -0.2) is 25.5 Å². The number of nitrogens with two attached hydrogens (primary N) is 1. The van der Waals surface area contributed by atoms with Crippen LogP contribution in [0.3, 0.4) is 0 Å². The first-order chi connectivity index (χ1) is 12.2. The first-order valence-electron chi connectivity index (χ1n) is 8.22. The molecule has 6 heteroatoms. The number of anilines is 1. The quantitative estimate of drug-likeness (QED) is 0.832. The number of hydrogen-bond donors (Lipinski definition) is 2. The minimum absolute atomic E-state index is 0.0522. The van der Waals surface area contributed by atoms with E-state index in [0.717, 1.165) is 0 Å². The van der Waals surface area contributed by atoms with E-state index in [0.29, 0.717) is 22.7 Å². The molecule has 3 N–H and O–H groups in total. The molecule has 2 rings (SSSR count). The summed E-state index contributed by atoms with van der Waals surface area (Å²) in [6.07, 6.45) is 0. The van der Waals surface area contributed by atoms with Gasteiger partial charge in [-0.2, -0.15) is 0 Å². The maximum atomic E-state index is 12.5. The summed E-state index contributed by atoms with van der Waals surface area (Å²) in [5, 5.41) is 2.85. The van der Waals surface area contributed by atoms with Crippen LogP contribution in [0.15, 0.2) is 42.5 Å². The summed E-state index contributed by atoms with van der Waals surface area (Å²) in [5.41, 5.74) is 7.42. The molecule has 0 saturated carbocycles. The molecule has 0 aliphatic heterocycles. The van der Waals surface area contributed by atoms with Gasteiger partial charge in [0, 0.05) is 11.3 Å². The smallest absolute Gasteiger partial charge is 0.255 e. The van der Waals surface area contributed by atoms with E-state index >= 15 is 0 Å². The summed E-state index contributed by atoms with van der Waals surface area (Å²) in [6, 6.07) is 12.5. The number of ether oxygens (including phenoxy) is 2. The molecule has 2 amide bonds. The van der Waals surface area contributed by atoms with E-state index in [1.54, 1.807) is 18.2 Å². The van der Waals surface area contributed by atoms with Gasteiger partial charge in [0.05, 0.1) is 7.11 Å². The normalized spacial score (nSPS) is 10.9. The first kappa shape index (κ1) is 19.3. The second kappa shape index (κ2) is 7.91. The first-order valence-corrected chi connectivity index (χ1v) is 8.22. The van der Waals surface area contributed by atoms with Crippen LogP contribution in [-0.2, 0) is 10.2 Å². The predicted octanol–water partition coefficient (Wildman–Crippen LogP) is 3.11. The minimum Gasteiger partial charge on any atom is -0.493 e. The third-order valence-electron chi connectivity index (χ3n) is 3.80. The molecule has 0 unspecified atom stereocenters. The van der Waals surface area contributed by atoms with Crippen LogP contribution in [0.1, 0.15) is 36.7 Å². The summed E-state index contributed by atoms with van der Waals surface area (Å²) < 4.78 is 10.5. The highest BCUT2D eigenvalue weighted by Gasteiger charge is 2.15. The van der Waals surface area contributed by atoms with Crippen LogP contribution in [0, 0.1) is 0 Å². The number of carbonyl (C=O) groups excluding carboxylic acids is 2. The van der Waals surface area contributed by atoms with Crippen LogP contribution in [0.25, 0.3) is 0 Å². The zero-order valence-corrected chi connectivity index (χ0v) is 15.5. The number of carbonyl (C=O) groups is 2. The van der Waals surface area contributed by atoms with Crippen molar-refractivity contribution in [2.45, 2.75) is 26.2 Å². The molecule has 0 aliphatic rings. The van der Waals surface area contributed by atoms with Crippen molar-refractivity contribution in [1.82, 2.24) is 0 Å². The predicted molar refractivity (Wildman–Crippen MR) is 101 cm³/mol. The lowest BCUT2D eigenvalue weighted by atomic mass is 9.87. The van der Waals surface area contributed by atoms with Gasteiger partial charge in [0.15, 0.2) is 18.1 Å². The van der Waals surface area contributed by atoms with Crippen molar-refractivity contribution in [2.24, 2.45) is 5.73 Å². The Morgan fingerprint density at radius 1 is 1.04 bits per heavy atom. The molecular formula is C20H24N2O4. The molecule has 138 valence electrons. The summed E-state index contributed by atoms with van der Waals surface area (Å²) >= 11 is 0. The highest BCUT2D eigenvalue weighted by atomic mass is 16.5. The molecule has 0 spiro atoms. The second-order valence-corrected chi connectivity index (χ2v) is 6.90. The summed E-state index contributed by atoms with van der Waals surface area (Å²) in [7, 11) is 1.46. The summed E-state index contributed by atoms with van der Waals surface area (Å²) in [5.74, 6) is -0.166. The Morgan fingerprint density at radius 3 is 2.23 bits per heavy atom. The van der Waals surface area contributed by atoms with Gasteiger partial charge in [-0.3, -0.25) is 9.59 Å². The van der Waals surface area contributed by atoms with Crippen LogP contribution >= 0.6 is 0 Å². The van der Waals surface area contributed by atoms with Gasteiger partial charge in [0.25, 0.3) is 11.8 Å². The van der Waals surface area contributed by atoms with E-state index < -0.39 is 5.91 Å². The third-order valence-corrected chi connectivity index (χ3v) is 3.80. The van der Waals surface area contributed by atoms with Gasteiger partial charge in [0.1, 0.15) is 0 Å². The van der Waals surface area contributed by atoms with Crippen molar-refractivity contribution < 1.29 is 19.1 Å². The summed E-state index contributed by atoms with van der Waals surface area (Å²) in [6.45, 7) is 6.14. The van der Waals surface area contributed by atoms with E-state index in [4.69, 9.17) is 15.2 Å². The minimum atomic E-state index is -0.590. The molecule has 2 aromatic rings. The molecule has 0 saturated heterocycles. The van der Waals surface area contributed by atoms with Gasteiger partial charge in [-0.05, 0) is 41.3 Å². The second-order valence-electron chi connectivity index (χ2n) is 6.90. The fourth-order valence-electron chi connectivity index (χ4n) is 2.33. The average Bonchev–Trinajstić information content (AvgIpc) is 2.59. The lowest BCUT2D eigenvalue weighted by molar-refractivity contribution is -0.119. The van der Waals surface area contributed by atoms with Gasteiger partial charge in [-0.1, -0.05) is 32.9 Å². The number of rotatable bonds is 6. The number of primary amides is 1. The number of methoxy groups -OCH3 is 1. The zero-order chi connectivity index (χ0) is 19.3. The fraction of sp³-hybridized carbons (Fsp3) is 0.300. The molecule has 0 heterocycles. The Bertz CT molecular complexity index is 792. The molecular weight excluding hydrogens is 332 g/mol. The van der Waals surface area contributed by atoms with E-state index in [1.165, 1.54) is 12.7 Å². The molecule has 0 fully saturated rings. The van der Waals surface area contributed by atoms with Crippen molar-refractivity contribution >= 4 is 17.5 Å². The Labute approximate surface area is 153 Å². The van der Waals surface area contributed by atoms with Crippen LogP contribution in [0.2, 0.25) is 0 Å². The number of benzene rings is 2. The summed E-state index contributed by atoms with van der Waals surface area (Å²) in [4.78, 5) is 23.3. The Morgan fingerprint density at radius 2 is 1.69 bits per heavy atom. The van der Waals surface area contributed by atoms with Gasteiger partial charge in [0.2, 0.25) is 0 Å². The van der Waals surface area contributed by atoms with Gasteiger partial charge in [-0.15, -0.1) is 0 Å². The SMILES string of the molecule is COc1cc(C(=O)Nc2ccc(C(C)(C)C)cc2)ccc1OCC(N)=O. The standard InChI is InChI=1S/C20H24N2O4/c1-20(2,3)14-6-8-15(9-7-14)22-19(24)13-5-10-16(17(11-13)25-4)26-12-18(21)23/h5-11H,12H2,1-4H3,(H2,21,23)(H,22,24). The van der Waals surface area contributed by atoms with E-state index in [9.17, 15) is 9.59 Å². The Kier molecular flexibility index (Phi) is 5.87. The highest BCUT2D eigenvalue weighted by Crippen LogP contribution is 2.28. The van der Waals surface area contributed by atoms with Crippen molar-refractivity contribution in [3.63, 3.8) is 0 Å². The van der Waals surface area contributed by atoms with E-state index in [2.05, 4.69) is 26.1 Å². The largest absolute Gasteiger partial charge is 0.493 e. The van der Waals surface area contributed by atoms with Crippen LogP contribution < -0.4 is 20.5 Å². The van der Waals surface area contributed by atoms with Gasteiger partial charge in [-0.25, -0.2) is 0 Å². The molecule has 0 aromatic heterocycles. The third kappa shape index (κ3) is 4.99. The van der Waals surface area contributed by atoms with Crippen molar-refractivity contribution in [2.75, 3.05) is 19.0 Å². The number of nitrogens with one attached hydrogen (secondary N) is 1. The van der Waals surface area contributed by atoms with Gasteiger partial charge < -0.3 is 20.5 Å². The average molecular weight is 356 g/mol. The zero-order valence-electron chi connectivity index (χ0n) is 15.5. The Hall–Kier alpha value is -3.02. The molecule has 0 aliphatic carbocycles. The highest BCUT2D eigenvalue weighted by molar-refractivity contribution is 6.04. The van der Waals surface area contributed by atoms with Crippen molar-refractivity contribution in [3.8, 4) is 11.5 Å². The topological polar surface area (TPSA) is 90.7 Å². The molecule has 2 aromatic carbocycles. The molecule has 0 atom stereocenters. The number of hydrogen-bond acceptors (Lipinski definition) is 4. The fourth-order valence-corrected chi connectivity index (χ4v) is 2.33. The number of amides is 2. The lowest BCUT2D eigenvalue weighted by Gasteiger charge is -2.19. The van der Waals surface area contributed by atoms with Crippen LogP contribution in [0.4, 0.5) is 5.69 Å². The van der Waals surface area contributed by atoms with Crippen molar-refractivity contribution in [3.05, 3.63) is 53.6 Å². The molecule has 26 heavy (non-hydrogen) atoms. The lowest BCUT2D eigenvalue weighted by Crippen LogP contribution is -2.20. The van der Waals surface area contributed by atoms with E-state index in [-0.39, 0.29) is 17.9 Å². The van der Waals surface area contributed by atoms with Crippen molar-refractivity contribution in [1.29, 1.82) is 0 Å². The van der Waals surface area contributed by atoms with Crippen LogP contribution in [0.5, 0.6) is 11.5 Å². The Balaban J connectivity index is 2.12.